The highest BCUT2D eigenvalue weighted by Crippen LogP contribution is 2.24. The molecule has 1 aromatic heterocycles. The number of nitrogens with zero attached hydrogens (tertiary/aromatic N) is 2. The third-order valence-corrected chi connectivity index (χ3v) is 4.20. The van der Waals surface area contributed by atoms with Crippen LogP contribution in [0.15, 0.2) is 24.4 Å². The molecule has 1 unspecified atom stereocenters. The van der Waals surface area contributed by atoms with Crippen LogP contribution in [0.5, 0.6) is 0 Å². The molecule has 3 heteroatoms. The molecule has 1 fully saturated rings. The van der Waals surface area contributed by atoms with Crippen LogP contribution in [0.25, 0.3) is 0 Å². The summed E-state index contributed by atoms with van der Waals surface area (Å²) in [6.45, 7) is 10.4. The fourth-order valence-electron chi connectivity index (χ4n) is 2.97. The molecule has 0 aliphatic carbocycles. The number of hydrogen-bond donors (Lipinski definition) is 1. The van der Waals surface area contributed by atoms with Crippen molar-refractivity contribution in [3.63, 3.8) is 0 Å². The molecule has 0 aromatic carbocycles. The molecular formula is C16H27N3. The van der Waals surface area contributed by atoms with E-state index in [4.69, 9.17) is 0 Å². The van der Waals surface area contributed by atoms with E-state index in [1.54, 1.807) is 0 Å². The van der Waals surface area contributed by atoms with Crippen LogP contribution in [0.1, 0.15) is 45.3 Å². The summed E-state index contributed by atoms with van der Waals surface area (Å²) >= 11 is 0. The van der Waals surface area contributed by atoms with Crippen molar-refractivity contribution in [2.24, 2.45) is 5.92 Å². The van der Waals surface area contributed by atoms with Crippen LogP contribution in [0.4, 0.5) is 0 Å². The zero-order chi connectivity index (χ0) is 13.7. The van der Waals surface area contributed by atoms with E-state index in [0.29, 0.717) is 12.1 Å². The van der Waals surface area contributed by atoms with Crippen LogP contribution in [0.2, 0.25) is 0 Å². The fraction of sp³-hybridized carbons (Fsp3) is 0.688. The number of nitrogens with one attached hydrogen (secondary N) is 1. The molecular weight excluding hydrogens is 234 g/mol. The van der Waals surface area contributed by atoms with Gasteiger partial charge in [0.2, 0.25) is 0 Å². The minimum Gasteiger partial charge on any atom is -0.317 e. The smallest absolute Gasteiger partial charge is 0.0572 e. The molecule has 1 aliphatic heterocycles. The maximum atomic E-state index is 4.52. The zero-order valence-electron chi connectivity index (χ0n) is 12.5. The van der Waals surface area contributed by atoms with Crippen molar-refractivity contribution in [1.82, 2.24) is 15.2 Å². The van der Waals surface area contributed by atoms with Crippen molar-refractivity contribution in [2.75, 3.05) is 19.6 Å². The first-order valence-electron chi connectivity index (χ1n) is 7.56. The van der Waals surface area contributed by atoms with Crippen LogP contribution in [0, 0.1) is 5.92 Å². The standard InChI is InChI=1S/C16H27N3/c1-13(2)19(12-15-7-10-17-11-8-15)14(3)16-6-4-5-9-18-16/h4-6,9,13-15,17H,7-8,10-12H2,1-3H3. The Bertz CT molecular complexity index is 358. The summed E-state index contributed by atoms with van der Waals surface area (Å²) in [5, 5.41) is 3.45. The van der Waals surface area contributed by atoms with E-state index in [2.05, 4.69) is 48.1 Å². The third kappa shape index (κ3) is 4.02. The molecule has 1 atom stereocenters. The Kier molecular flexibility index (Phi) is 5.34. The summed E-state index contributed by atoms with van der Waals surface area (Å²) in [4.78, 5) is 7.12. The van der Waals surface area contributed by atoms with Gasteiger partial charge in [-0.25, -0.2) is 0 Å². The van der Waals surface area contributed by atoms with Crippen molar-refractivity contribution >= 4 is 0 Å². The van der Waals surface area contributed by atoms with Crippen LogP contribution in [-0.4, -0.2) is 35.6 Å². The average molecular weight is 261 g/mol. The molecule has 1 aliphatic rings. The molecule has 0 radical (unpaired) electrons. The van der Waals surface area contributed by atoms with Gasteiger partial charge in [0.15, 0.2) is 0 Å². The van der Waals surface area contributed by atoms with Gasteiger partial charge >= 0.3 is 0 Å². The highest BCUT2D eigenvalue weighted by Gasteiger charge is 2.24. The summed E-state index contributed by atoms with van der Waals surface area (Å²) in [5.74, 6) is 0.829. The van der Waals surface area contributed by atoms with E-state index in [0.717, 1.165) is 5.92 Å². The molecule has 1 saturated heterocycles. The number of rotatable bonds is 5. The van der Waals surface area contributed by atoms with E-state index in [9.17, 15) is 0 Å². The maximum absolute atomic E-state index is 4.52. The van der Waals surface area contributed by atoms with Gasteiger partial charge in [-0.3, -0.25) is 9.88 Å². The molecule has 106 valence electrons. The number of pyridine rings is 1. The lowest BCUT2D eigenvalue weighted by Gasteiger charge is -2.36. The third-order valence-electron chi connectivity index (χ3n) is 4.20. The maximum Gasteiger partial charge on any atom is 0.0572 e. The Morgan fingerprint density at radius 2 is 2.00 bits per heavy atom. The number of hydrogen-bond acceptors (Lipinski definition) is 3. The summed E-state index contributed by atoms with van der Waals surface area (Å²) in [6.07, 6.45) is 4.51. The Balaban J connectivity index is 2.02. The summed E-state index contributed by atoms with van der Waals surface area (Å²) in [6, 6.07) is 7.18. The zero-order valence-corrected chi connectivity index (χ0v) is 12.5. The first kappa shape index (κ1) is 14.5. The molecule has 1 aromatic rings. The molecule has 2 heterocycles. The van der Waals surface area contributed by atoms with E-state index in [1.807, 2.05) is 12.3 Å². The second-order valence-electron chi connectivity index (χ2n) is 5.91. The predicted molar refractivity (Wildman–Crippen MR) is 80.1 cm³/mol. The van der Waals surface area contributed by atoms with E-state index < -0.39 is 0 Å². The largest absolute Gasteiger partial charge is 0.317 e. The average Bonchev–Trinajstić information content (AvgIpc) is 2.46. The second kappa shape index (κ2) is 7.01. The molecule has 2 rings (SSSR count). The van der Waals surface area contributed by atoms with E-state index >= 15 is 0 Å². The van der Waals surface area contributed by atoms with Crippen LogP contribution >= 0.6 is 0 Å². The number of piperidine rings is 1. The topological polar surface area (TPSA) is 28.2 Å². The van der Waals surface area contributed by atoms with Crippen LogP contribution in [0.3, 0.4) is 0 Å². The Morgan fingerprint density at radius 1 is 1.26 bits per heavy atom. The van der Waals surface area contributed by atoms with Crippen molar-refractivity contribution in [1.29, 1.82) is 0 Å². The molecule has 3 nitrogen and oxygen atoms in total. The molecule has 0 saturated carbocycles. The molecule has 0 bridgehead atoms. The normalized spacial score (nSPS) is 19.0. The Morgan fingerprint density at radius 3 is 2.58 bits per heavy atom. The van der Waals surface area contributed by atoms with Gasteiger partial charge in [-0.2, -0.15) is 0 Å². The van der Waals surface area contributed by atoms with Crippen molar-refractivity contribution in [3.05, 3.63) is 30.1 Å². The van der Waals surface area contributed by atoms with Gasteiger partial charge in [-0.1, -0.05) is 6.07 Å². The minimum atomic E-state index is 0.399. The fourth-order valence-corrected chi connectivity index (χ4v) is 2.97. The molecule has 0 spiro atoms. The quantitative estimate of drug-likeness (QED) is 0.883. The Hall–Kier alpha value is -0.930. The SMILES string of the molecule is CC(C)N(CC1CCNCC1)C(C)c1ccccn1. The lowest BCUT2D eigenvalue weighted by Crippen LogP contribution is -2.41. The van der Waals surface area contributed by atoms with Crippen molar-refractivity contribution < 1.29 is 0 Å². The minimum absolute atomic E-state index is 0.399. The molecule has 19 heavy (non-hydrogen) atoms. The van der Waals surface area contributed by atoms with Gasteiger partial charge in [-0.05, 0) is 64.8 Å². The molecule has 1 N–H and O–H groups in total. The van der Waals surface area contributed by atoms with Crippen molar-refractivity contribution in [2.45, 2.75) is 45.7 Å². The van der Waals surface area contributed by atoms with Gasteiger partial charge in [0.05, 0.1) is 5.69 Å². The molecule has 0 amide bonds. The van der Waals surface area contributed by atoms with Gasteiger partial charge in [0.25, 0.3) is 0 Å². The Labute approximate surface area is 117 Å². The number of aromatic nitrogens is 1. The van der Waals surface area contributed by atoms with Crippen molar-refractivity contribution in [3.8, 4) is 0 Å². The van der Waals surface area contributed by atoms with Gasteiger partial charge < -0.3 is 5.32 Å². The lowest BCUT2D eigenvalue weighted by atomic mass is 9.96. The predicted octanol–water partition coefficient (Wildman–Crippen LogP) is 2.85. The first-order chi connectivity index (χ1) is 9.18. The van der Waals surface area contributed by atoms with Gasteiger partial charge in [0, 0.05) is 24.8 Å². The first-order valence-corrected chi connectivity index (χ1v) is 7.56. The monoisotopic (exact) mass is 261 g/mol. The van der Waals surface area contributed by atoms with Crippen LogP contribution < -0.4 is 5.32 Å². The van der Waals surface area contributed by atoms with Gasteiger partial charge in [0.1, 0.15) is 0 Å². The summed E-state index contributed by atoms with van der Waals surface area (Å²) in [5.41, 5.74) is 1.19. The second-order valence-corrected chi connectivity index (χ2v) is 5.91. The van der Waals surface area contributed by atoms with Crippen LogP contribution in [-0.2, 0) is 0 Å². The van der Waals surface area contributed by atoms with E-state index in [-0.39, 0.29) is 0 Å². The summed E-state index contributed by atoms with van der Waals surface area (Å²) in [7, 11) is 0. The van der Waals surface area contributed by atoms with E-state index in [1.165, 1.54) is 38.2 Å². The van der Waals surface area contributed by atoms with Gasteiger partial charge in [-0.15, -0.1) is 0 Å². The lowest BCUT2D eigenvalue weighted by molar-refractivity contribution is 0.123. The highest BCUT2D eigenvalue weighted by atomic mass is 15.2. The highest BCUT2D eigenvalue weighted by molar-refractivity contribution is 5.08. The summed E-state index contributed by atoms with van der Waals surface area (Å²) < 4.78 is 0.